The Labute approximate surface area is 162 Å². The second kappa shape index (κ2) is 7.80. The topological polar surface area (TPSA) is 121 Å². The van der Waals surface area contributed by atoms with Crippen LogP contribution in [-0.4, -0.2) is 53.3 Å². The summed E-state index contributed by atoms with van der Waals surface area (Å²) in [6.45, 7) is 0. The normalized spacial score (nSPS) is 16.9. The number of benzene rings is 1. The maximum absolute atomic E-state index is 12.7. The number of carbonyl (C=O) groups is 3. The summed E-state index contributed by atoms with van der Waals surface area (Å²) in [5.74, 6) is -3.01. The third kappa shape index (κ3) is 3.96. The lowest BCUT2D eigenvalue weighted by atomic mass is 10.1. The molecule has 2 aromatic rings. The number of aromatic nitrogens is 2. The van der Waals surface area contributed by atoms with E-state index in [-0.39, 0.29) is 22.1 Å². The zero-order chi connectivity index (χ0) is 19.6. The second-order valence-electron chi connectivity index (χ2n) is 5.61. The first kappa shape index (κ1) is 18.9. The molecule has 1 fully saturated rings. The van der Waals surface area contributed by atoms with Gasteiger partial charge in [-0.3, -0.25) is 24.5 Å². The van der Waals surface area contributed by atoms with Crippen molar-refractivity contribution in [1.29, 1.82) is 0 Å². The molecule has 0 saturated carbocycles. The van der Waals surface area contributed by atoms with E-state index >= 15 is 0 Å². The molecule has 8 nitrogen and oxygen atoms in total. The van der Waals surface area contributed by atoms with Gasteiger partial charge in [-0.05, 0) is 18.6 Å². The van der Waals surface area contributed by atoms with Crippen molar-refractivity contribution in [3.05, 3.63) is 41.1 Å². The fourth-order valence-corrected chi connectivity index (χ4v) is 3.99. The van der Waals surface area contributed by atoms with Crippen LogP contribution in [-0.2, 0) is 14.4 Å². The van der Waals surface area contributed by atoms with Gasteiger partial charge in [0.05, 0.1) is 15.9 Å². The molecular formula is C17H13N3O5S2. The van der Waals surface area contributed by atoms with Crippen molar-refractivity contribution in [2.75, 3.05) is 0 Å². The third-order valence-electron chi connectivity index (χ3n) is 3.87. The molecule has 1 aliphatic rings. The van der Waals surface area contributed by atoms with Gasteiger partial charge >= 0.3 is 11.9 Å². The van der Waals surface area contributed by atoms with Gasteiger partial charge in [-0.1, -0.05) is 36.1 Å². The minimum atomic E-state index is -1.33. The molecule has 27 heavy (non-hydrogen) atoms. The number of hydrogen-bond donors (Lipinski definition) is 2. The second-order valence-corrected chi connectivity index (χ2v) is 7.29. The molecule has 1 aliphatic heterocycles. The highest BCUT2D eigenvalue weighted by atomic mass is 32.2. The highest BCUT2D eigenvalue weighted by Crippen LogP contribution is 2.35. The van der Waals surface area contributed by atoms with Gasteiger partial charge < -0.3 is 10.2 Å². The van der Waals surface area contributed by atoms with E-state index in [1.807, 2.05) is 0 Å². The van der Waals surface area contributed by atoms with Crippen molar-refractivity contribution < 1.29 is 24.6 Å². The lowest BCUT2D eigenvalue weighted by molar-refractivity contribution is -0.146. The molecule has 2 N–H and O–H groups in total. The monoisotopic (exact) mass is 403 g/mol. The molecule has 1 amide bonds. The summed E-state index contributed by atoms with van der Waals surface area (Å²) < 4.78 is 0.0790. The van der Waals surface area contributed by atoms with Gasteiger partial charge in [-0.25, -0.2) is 4.79 Å². The summed E-state index contributed by atoms with van der Waals surface area (Å²) in [6, 6.07) is 4.00. The molecule has 1 aromatic heterocycles. The van der Waals surface area contributed by atoms with Gasteiger partial charge in [0.2, 0.25) is 0 Å². The van der Waals surface area contributed by atoms with Crippen molar-refractivity contribution >= 4 is 63.3 Å². The molecule has 1 saturated heterocycles. The lowest BCUT2D eigenvalue weighted by Crippen LogP contribution is -2.44. The SMILES string of the molecule is O=C(O)CCC(C(=O)O)N1C(=O)/C(=C/c2cccc3nccnc23)SC1=S. The molecule has 0 spiro atoms. The summed E-state index contributed by atoms with van der Waals surface area (Å²) >= 11 is 6.15. The van der Waals surface area contributed by atoms with Crippen molar-refractivity contribution in [3.63, 3.8) is 0 Å². The molecular weight excluding hydrogens is 390 g/mol. The van der Waals surface area contributed by atoms with Gasteiger partial charge in [-0.2, -0.15) is 0 Å². The maximum Gasteiger partial charge on any atom is 0.326 e. The first-order chi connectivity index (χ1) is 12.9. The number of para-hydroxylation sites is 1. The minimum absolute atomic E-state index is 0.0790. The smallest absolute Gasteiger partial charge is 0.326 e. The molecule has 1 atom stereocenters. The van der Waals surface area contributed by atoms with Crippen molar-refractivity contribution in [2.45, 2.75) is 18.9 Å². The number of carboxylic acid groups (broad SMARTS) is 2. The summed E-state index contributed by atoms with van der Waals surface area (Å²) in [7, 11) is 0. The number of thioether (sulfide) groups is 1. The Kier molecular flexibility index (Phi) is 5.47. The van der Waals surface area contributed by atoms with Crippen LogP contribution in [0.25, 0.3) is 17.1 Å². The van der Waals surface area contributed by atoms with E-state index in [2.05, 4.69) is 9.97 Å². The average Bonchev–Trinajstić information content (AvgIpc) is 2.89. The first-order valence-corrected chi connectivity index (χ1v) is 9.02. The number of nitrogens with zero attached hydrogens (tertiary/aromatic N) is 3. The number of amides is 1. The summed E-state index contributed by atoms with van der Waals surface area (Å²) in [5.41, 5.74) is 1.91. The minimum Gasteiger partial charge on any atom is -0.481 e. The predicted molar refractivity (Wildman–Crippen MR) is 103 cm³/mol. The number of hydrogen-bond acceptors (Lipinski definition) is 7. The van der Waals surface area contributed by atoms with E-state index in [0.717, 1.165) is 16.7 Å². The van der Waals surface area contributed by atoms with Crippen molar-refractivity contribution in [1.82, 2.24) is 14.9 Å². The predicted octanol–water partition coefficient (Wildman–Crippen LogP) is 2.15. The van der Waals surface area contributed by atoms with Crippen LogP contribution in [0.1, 0.15) is 18.4 Å². The number of fused-ring (bicyclic) bond motifs is 1. The molecule has 10 heteroatoms. The van der Waals surface area contributed by atoms with Crippen molar-refractivity contribution in [3.8, 4) is 0 Å². The Morgan fingerprint density at radius 3 is 2.70 bits per heavy atom. The van der Waals surface area contributed by atoms with Gasteiger partial charge in [0.25, 0.3) is 5.91 Å². The van der Waals surface area contributed by atoms with Crippen molar-refractivity contribution in [2.24, 2.45) is 0 Å². The summed E-state index contributed by atoms with van der Waals surface area (Å²) in [4.78, 5) is 44.7. The van der Waals surface area contributed by atoms with Crippen LogP contribution in [0.15, 0.2) is 35.5 Å². The zero-order valence-electron chi connectivity index (χ0n) is 13.7. The standard InChI is InChI=1S/C17H13N3O5S2/c21-13(22)5-4-11(16(24)25)20-15(23)12(27-17(20)26)8-9-2-1-3-10-14(9)19-7-6-18-10/h1-3,6-8,11H,4-5H2,(H,21,22)(H,24,25)/b12-8-. The molecule has 2 heterocycles. The number of carboxylic acids is 2. The van der Waals surface area contributed by atoms with E-state index in [9.17, 15) is 19.5 Å². The molecule has 0 aliphatic carbocycles. The molecule has 3 rings (SSSR count). The van der Waals surface area contributed by atoms with E-state index < -0.39 is 23.9 Å². The summed E-state index contributed by atoms with van der Waals surface area (Å²) in [5, 5.41) is 18.2. The fraction of sp³-hybridized carbons (Fsp3) is 0.176. The van der Waals surface area contributed by atoms with E-state index in [1.165, 1.54) is 6.20 Å². The highest BCUT2D eigenvalue weighted by molar-refractivity contribution is 8.26. The Hall–Kier alpha value is -2.85. The quantitative estimate of drug-likeness (QED) is 0.552. The van der Waals surface area contributed by atoms with Crippen LogP contribution in [0.4, 0.5) is 0 Å². The van der Waals surface area contributed by atoms with Crippen LogP contribution in [0.5, 0.6) is 0 Å². The molecule has 1 aromatic carbocycles. The van der Waals surface area contributed by atoms with E-state index in [0.29, 0.717) is 16.6 Å². The van der Waals surface area contributed by atoms with Crippen LogP contribution < -0.4 is 0 Å². The highest BCUT2D eigenvalue weighted by Gasteiger charge is 2.40. The first-order valence-electron chi connectivity index (χ1n) is 7.80. The Morgan fingerprint density at radius 2 is 2.00 bits per heavy atom. The average molecular weight is 403 g/mol. The maximum atomic E-state index is 12.7. The number of rotatable bonds is 6. The van der Waals surface area contributed by atoms with Crippen LogP contribution >= 0.6 is 24.0 Å². The Morgan fingerprint density at radius 1 is 1.26 bits per heavy atom. The Balaban J connectivity index is 1.94. The number of thiocarbonyl (C=S) groups is 1. The van der Waals surface area contributed by atoms with Gasteiger partial charge in [0, 0.05) is 24.4 Å². The van der Waals surface area contributed by atoms with E-state index in [4.69, 9.17) is 17.3 Å². The number of aliphatic carboxylic acids is 2. The zero-order valence-corrected chi connectivity index (χ0v) is 15.4. The Bertz CT molecular complexity index is 986. The fourth-order valence-electron chi connectivity index (χ4n) is 2.64. The lowest BCUT2D eigenvalue weighted by Gasteiger charge is -2.22. The van der Waals surface area contributed by atoms with Gasteiger partial charge in [0.1, 0.15) is 10.4 Å². The molecule has 0 bridgehead atoms. The molecule has 0 radical (unpaired) electrons. The van der Waals surface area contributed by atoms with Crippen LogP contribution in [0.3, 0.4) is 0 Å². The van der Waals surface area contributed by atoms with Gasteiger partial charge in [0.15, 0.2) is 0 Å². The molecule has 1 unspecified atom stereocenters. The van der Waals surface area contributed by atoms with E-state index in [1.54, 1.807) is 30.5 Å². The van der Waals surface area contributed by atoms with Gasteiger partial charge in [-0.15, -0.1) is 0 Å². The molecule has 138 valence electrons. The third-order valence-corrected chi connectivity index (χ3v) is 5.20. The largest absolute Gasteiger partial charge is 0.481 e. The van der Waals surface area contributed by atoms with Crippen LogP contribution in [0.2, 0.25) is 0 Å². The summed E-state index contributed by atoms with van der Waals surface area (Å²) in [6.07, 6.45) is 4.07. The van der Waals surface area contributed by atoms with Crippen LogP contribution in [0, 0.1) is 0 Å². The number of carbonyl (C=O) groups excluding carboxylic acids is 1.